The minimum atomic E-state index is -0.452. The number of urea groups is 1. The van der Waals surface area contributed by atoms with Crippen LogP contribution in [-0.2, 0) is 0 Å². The van der Waals surface area contributed by atoms with Gasteiger partial charge in [0.05, 0.1) is 0 Å². The van der Waals surface area contributed by atoms with Crippen molar-refractivity contribution in [1.29, 1.82) is 0 Å². The summed E-state index contributed by atoms with van der Waals surface area (Å²) in [7, 11) is 1.00. The number of amides is 2. The Labute approximate surface area is 174 Å². The molecule has 0 bridgehead atoms. The van der Waals surface area contributed by atoms with Gasteiger partial charge in [-0.1, -0.05) is 37.1 Å². The molecule has 0 aromatic heterocycles. The smallest absolute Gasteiger partial charge is 0.326 e. The molecule has 2 amide bonds. The Kier molecular flexibility index (Phi) is 15.0. The SMILES string of the molecule is C=C(CCCC1C=C1)N=CC(C)=C(C)C.CO.NC(=O)NN1CCCCCC1.[HH].[HH]. The summed E-state index contributed by atoms with van der Waals surface area (Å²) in [6, 6.07) is -0.452. The molecule has 2 rings (SSSR count). The van der Waals surface area contributed by atoms with E-state index in [1.54, 1.807) is 0 Å². The lowest BCUT2D eigenvalue weighted by Gasteiger charge is -2.18. The van der Waals surface area contributed by atoms with Crippen molar-refractivity contribution in [2.45, 2.75) is 65.7 Å². The summed E-state index contributed by atoms with van der Waals surface area (Å²) in [6.07, 6.45) is 14.7. The lowest BCUT2D eigenvalue weighted by atomic mass is 10.1. The molecule has 0 aromatic carbocycles. The molecule has 1 aliphatic carbocycles. The van der Waals surface area contributed by atoms with Gasteiger partial charge in [-0.2, -0.15) is 0 Å². The third-order valence-corrected chi connectivity index (χ3v) is 4.57. The summed E-state index contributed by atoms with van der Waals surface area (Å²) >= 11 is 0. The number of rotatable bonds is 7. The largest absolute Gasteiger partial charge is 0.400 e. The van der Waals surface area contributed by atoms with Gasteiger partial charge < -0.3 is 10.8 Å². The average molecular weight is 397 g/mol. The van der Waals surface area contributed by atoms with Crippen LogP contribution in [0.2, 0.25) is 0 Å². The second-order valence-electron chi connectivity index (χ2n) is 7.33. The number of nitrogens with zero attached hydrogens (tertiary/aromatic N) is 2. The summed E-state index contributed by atoms with van der Waals surface area (Å²) in [5.74, 6) is 0.779. The second-order valence-corrected chi connectivity index (χ2v) is 7.33. The van der Waals surface area contributed by atoms with E-state index in [9.17, 15) is 4.79 Å². The summed E-state index contributed by atoms with van der Waals surface area (Å²) in [5, 5.41) is 8.90. The van der Waals surface area contributed by atoms with Gasteiger partial charge in [-0.3, -0.25) is 10.4 Å². The number of carbonyl (C=O) groups is 1. The zero-order valence-electron chi connectivity index (χ0n) is 18.2. The first kappa shape index (κ1) is 26.1. The van der Waals surface area contributed by atoms with Gasteiger partial charge in [-0.05, 0) is 64.4 Å². The molecule has 6 heteroatoms. The van der Waals surface area contributed by atoms with Gasteiger partial charge in [0.25, 0.3) is 0 Å². The van der Waals surface area contributed by atoms with Gasteiger partial charge in [0.1, 0.15) is 0 Å². The zero-order valence-corrected chi connectivity index (χ0v) is 18.2. The molecule has 4 N–H and O–H groups in total. The molecule has 0 atom stereocenters. The Bertz CT molecular complexity index is 545. The van der Waals surface area contributed by atoms with Crippen LogP contribution in [0.1, 0.15) is 68.6 Å². The van der Waals surface area contributed by atoms with Crippen LogP contribution >= 0.6 is 0 Å². The molecule has 1 saturated heterocycles. The number of aliphatic hydroxyl groups excluding tert-OH is 1. The molecule has 1 aliphatic heterocycles. The van der Waals surface area contributed by atoms with E-state index < -0.39 is 6.03 Å². The van der Waals surface area contributed by atoms with Gasteiger partial charge in [-0.25, -0.2) is 9.80 Å². The first-order valence-electron chi connectivity index (χ1n) is 10.2. The number of hydrogen-bond acceptors (Lipinski definition) is 4. The maximum absolute atomic E-state index is 10.4. The lowest BCUT2D eigenvalue weighted by Crippen LogP contribution is -2.45. The highest BCUT2D eigenvalue weighted by atomic mass is 16.2. The molecule has 0 unspecified atom stereocenters. The Morgan fingerprint density at radius 3 is 2.29 bits per heavy atom. The van der Waals surface area contributed by atoms with Crippen molar-refractivity contribution in [2.24, 2.45) is 16.6 Å². The fraction of sp³-hybridized carbons (Fsp3) is 0.636. The quantitative estimate of drug-likeness (QED) is 0.425. The number of carbonyl (C=O) groups excluding carboxylic acids is 1. The third kappa shape index (κ3) is 15.2. The number of nitrogens with two attached hydrogens (primary N) is 1. The Hall–Kier alpha value is -1.92. The molecule has 6 nitrogen and oxygen atoms in total. The first-order valence-corrected chi connectivity index (χ1v) is 10.2. The molecule has 0 saturated carbocycles. The highest BCUT2D eigenvalue weighted by Crippen LogP contribution is 2.23. The molecular weight excluding hydrogens is 352 g/mol. The van der Waals surface area contributed by atoms with Crippen molar-refractivity contribution in [1.82, 2.24) is 10.4 Å². The predicted molar refractivity (Wildman–Crippen MR) is 123 cm³/mol. The zero-order chi connectivity index (χ0) is 21.4. The minimum Gasteiger partial charge on any atom is -0.400 e. The number of aliphatic hydroxyl groups is 1. The molecule has 0 aromatic rings. The van der Waals surface area contributed by atoms with Crippen molar-refractivity contribution in [3.8, 4) is 0 Å². The summed E-state index contributed by atoms with van der Waals surface area (Å²) in [4.78, 5) is 14.8. The van der Waals surface area contributed by atoms with Crippen LogP contribution in [0.3, 0.4) is 0 Å². The van der Waals surface area contributed by atoms with E-state index in [4.69, 9.17) is 10.8 Å². The molecule has 1 heterocycles. The fourth-order valence-corrected chi connectivity index (χ4v) is 2.53. The van der Waals surface area contributed by atoms with E-state index in [0.717, 1.165) is 51.1 Å². The predicted octanol–water partition coefficient (Wildman–Crippen LogP) is 4.83. The van der Waals surface area contributed by atoms with Crippen molar-refractivity contribution in [3.63, 3.8) is 0 Å². The van der Waals surface area contributed by atoms with E-state index >= 15 is 0 Å². The van der Waals surface area contributed by atoms with Crippen LogP contribution < -0.4 is 11.2 Å². The Balaban J connectivity index is -0.000000436. The molecule has 0 radical (unpaired) electrons. The highest BCUT2D eigenvalue weighted by Gasteiger charge is 2.09. The van der Waals surface area contributed by atoms with Crippen LogP contribution in [0.15, 0.2) is 40.6 Å². The van der Waals surface area contributed by atoms with Crippen molar-refractivity contribution in [3.05, 3.63) is 35.6 Å². The van der Waals surface area contributed by atoms with E-state index in [-0.39, 0.29) is 2.85 Å². The summed E-state index contributed by atoms with van der Waals surface area (Å²) in [6.45, 7) is 12.1. The van der Waals surface area contributed by atoms with Gasteiger partial charge in [-0.15, -0.1) is 0 Å². The van der Waals surface area contributed by atoms with E-state index in [0.29, 0.717) is 0 Å². The summed E-state index contributed by atoms with van der Waals surface area (Å²) in [5.41, 5.74) is 11.1. The van der Waals surface area contributed by atoms with Crippen LogP contribution in [0.25, 0.3) is 0 Å². The number of aliphatic imine (C=N–C) groups is 1. The van der Waals surface area contributed by atoms with Crippen LogP contribution in [0.5, 0.6) is 0 Å². The van der Waals surface area contributed by atoms with Gasteiger partial charge >= 0.3 is 6.03 Å². The lowest BCUT2D eigenvalue weighted by molar-refractivity contribution is 0.187. The Morgan fingerprint density at radius 1 is 1.25 bits per heavy atom. The molecular formula is C22H44N4O2. The van der Waals surface area contributed by atoms with E-state index in [2.05, 4.69) is 49.9 Å². The average Bonchev–Trinajstić information content (AvgIpc) is 3.49. The molecule has 2 aliphatic rings. The number of allylic oxidation sites excluding steroid dienone is 5. The molecule has 164 valence electrons. The van der Waals surface area contributed by atoms with Crippen molar-refractivity contribution in [2.75, 3.05) is 20.2 Å². The summed E-state index contributed by atoms with van der Waals surface area (Å²) < 4.78 is 0. The van der Waals surface area contributed by atoms with Crippen LogP contribution in [0.4, 0.5) is 4.79 Å². The maximum atomic E-state index is 10.4. The van der Waals surface area contributed by atoms with Crippen LogP contribution in [0, 0.1) is 5.92 Å². The molecule has 28 heavy (non-hydrogen) atoms. The van der Waals surface area contributed by atoms with Crippen LogP contribution in [-0.4, -0.2) is 42.6 Å². The van der Waals surface area contributed by atoms with Crippen molar-refractivity contribution >= 4 is 12.2 Å². The standard InChI is InChI=1S/C14H21N.C7H15N3O.CH4O.2H2/c1-11(2)12(3)10-15-13(4)6-5-7-14-8-9-14;8-7(11)9-10-5-3-1-2-4-6-10;1-2;;/h8-10,14H,4-7H2,1-3H3;1-6H2,(H3,8,9,11);2H,1H3;2*1H. The molecule has 0 spiro atoms. The fourth-order valence-electron chi connectivity index (χ4n) is 2.53. The third-order valence-electron chi connectivity index (χ3n) is 4.57. The first-order chi connectivity index (χ1) is 13.4. The van der Waals surface area contributed by atoms with Gasteiger partial charge in [0, 0.05) is 35.0 Å². The topological polar surface area (TPSA) is 91.0 Å². The van der Waals surface area contributed by atoms with Crippen molar-refractivity contribution < 1.29 is 12.8 Å². The van der Waals surface area contributed by atoms with E-state index in [1.165, 1.54) is 36.8 Å². The minimum absolute atomic E-state index is 0. The number of hydrazine groups is 1. The van der Waals surface area contributed by atoms with Gasteiger partial charge in [0.2, 0.25) is 0 Å². The molecule has 1 fully saturated rings. The van der Waals surface area contributed by atoms with E-state index in [1.807, 2.05) is 11.2 Å². The number of nitrogens with one attached hydrogen (secondary N) is 1. The number of primary amides is 1. The monoisotopic (exact) mass is 396 g/mol. The second kappa shape index (κ2) is 16.1. The highest BCUT2D eigenvalue weighted by molar-refractivity contribution is 5.79. The Morgan fingerprint density at radius 2 is 1.82 bits per heavy atom. The number of hydrogen-bond donors (Lipinski definition) is 3. The normalized spacial score (nSPS) is 16.2. The maximum Gasteiger partial charge on any atom is 0.326 e. The van der Waals surface area contributed by atoms with Gasteiger partial charge in [0.15, 0.2) is 0 Å².